The van der Waals surface area contributed by atoms with E-state index in [1.54, 1.807) is 13.0 Å². The first-order valence-corrected chi connectivity index (χ1v) is 7.83. The zero-order valence-electron chi connectivity index (χ0n) is 13.7. The Hall–Kier alpha value is -2.73. The number of nitrogens with one attached hydrogen (secondary N) is 1. The average molecular weight is 325 g/mol. The SMILES string of the molecule is Cc1ccc(-c2cc(C(=O)NCCCO)c3c(C)noc3n2)cc1. The van der Waals surface area contributed by atoms with Crippen LogP contribution in [0, 0.1) is 13.8 Å². The highest BCUT2D eigenvalue weighted by molar-refractivity contribution is 6.06. The second kappa shape index (κ2) is 6.80. The lowest BCUT2D eigenvalue weighted by atomic mass is 10.0. The smallest absolute Gasteiger partial charge is 0.259 e. The molecule has 0 aliphatic heterocycles. The summed E-state index contributed by atoms with van der Waals surface area (Å²) in [6.45, 7) is 4.24. The van der Waals surface area contributed by atoms with Crippen molar-refractivity contribution in [3.63, 3.8) is 0 Å². The van der Waals surface area contributed by atoms with Crippen LogP contribution in [0.4, 0.5) is 0 Å². The highest BCUT2D eigenvalue weighted by atomic mass is 16.5. The van der Waals surface area contributed by atoms with Crippen molar-refractivity contribution < 1.29 is 14.4 Å². The summed E-state index contributed by atoms with van der Waals surface area (Å²) in [7, 11) is 0. The Bertz CT molecular complexity index is 869. The summed E-state index contributed by atoms with van der Waals surface area (Å²) in [5.74, 6) is -0.226. The van der Waals surface area contributed by atoms with Gasteiger partial charge in [-0.25, -0.2) is 4.98 Å². The molecule has 0 fully saturated rings. The largest absolute Gasteiger partial charge is 0.396 e. The molecule has 124 valence electrons. The van der Waals surface area contributed by atoms with E-state index < -0.39 is 0 Å². The molecule has 0 spiro atoms. The Morgan fingerprint density at radius 2 is 2.00 bits per heavy atom. The molecule has 0 atom stereocenters. The minimum atomic E-state index is -0.226. The molecular formula is C18H19N3O3. The highest BCUT2D eigenvalue weighted by Crippen LogP contribution is 2.27. The van der Waals surface area contributed by atoms with Gasteiger partial charge in [0.2, 0.25) is 0 Å². The van der Waals surface area contributed by atoms with Crippen molar-refractivity contribution in [1.82, 2.24) is 15.5 Å². The van der Waals surface area contributed by atoms with Crippen LogP contribution in [0.5, 0.6) is 0 Å². The Balaban J connectivity index is 2.06. The van der Waals surface area contributed by atoms with Gasteiger partial charge in [-0.15, -0.1) is 0 Å². The summed E-state index contributed by atoms with van der Waals surface area (Å²) in [4.78, 5) is 17.0. The Morgan fingerprint density at radius 3 is 2.71 bits per heavy atom. The van der Waals surface area contributed by atoms with Gasteiger partial charge in [-0.1, -0.05) is 35.0 Å². The number of fused-ring (bicyclic) bond motifs is 1. The molecule has 2 heterocycles. The standard InChI is InChI=1S/C18H19N3O3/c1-11-4-6-13(7-5-11)15-10-14(17(23)19-8-3-9-22)16-12(2)21-24-18(16)20-15/h4-7,10,22H,3,8-9H2,1-2H3,(H,19,23). The van der Waals surface area contributed by atoms with E-state index in [2.05, 4.69) is 15.5 Å². The number of nitrogens with zero attached hydrogens (tertiary/aromatic N) is 2. The molecule has 2 N–H and O–H groups in total. The number of carbonyl (C=O) groups is 1. The van der Waals surface area contributed by atoms with Crippen LogP contribution in [0.1, 0.15) is 28.0 Å². The molecule has 0 unspecified atom stereocenters. The molecule has 0 aliphatic carbocycles. The fourth-order valence-electron chi connectivity index (χ4n) is 2.52. The topological polar surface area (TPSA) is 88.2 Å². The Labute approximate surface area is 139 Å². The lowest BCUT2D eigenvalue weighted by molar-refractivity contribution is 0.0952. The lowest BCUT2D eigenvalue weighted by Gasteiger charge is -2.08. The van der Waals surface area contributed by atoms with Gasteiger partial charge < -0.3 is 14.9 Å². The minimum Gasteiger partial charge on any atom is -0.396 e. The predicted octanol–water partition coefficient (Wildman–Crippen LogP) is 2.62. The van der Waals surface area contributed by atoms with Gasteiger partial charge in [0.15, 0.2) is 0 Å². The van der Waals surface area contributed by atoms with E-state index in [4.69, 9.17) is 9.63 Å². The molecule has 3 rings (SSSR count). The second-order valence-electron chi connectivity index (χ2n) is 5.70. The van der Waals surface area contributed by atoms with Gasteiger partial charge >= 0.3 is 0 Å². The van der Waals surface area contributed by atoms with E-state index in [0.717, 1.165) is 11.1 Å². The van der Waals surface area contributed by atoms with Gasteiger partial charge in [0.25, 0.3) is 11.6 Å². The molecule has 3 aromatic rings. The molecule has 24 heavy (non-hydrogen) atoms. The molecule has 0 aliphatic rings. The van der Waals surface area contributed by atoms with Crippen LogP contribution in [0.25, 0.3) is 22.4 Å². The number of aliphatic hydroxyl groups is 1. The normalized spacial score (nSPS) is 11.0. The molecular weight excluding hydrogens is 306 g/mol. The molecule has 0 saturated heterocycles. The number of pyridine rings is 1. The second-order valence-corrected chi connectivity index (χ2v) is 5.70. The number of aryl methyl sites for hydroxylation is 2. The zero-order chi connectivity index (χ0) is 17.1. The number of benzene rings is 1. The molecule has 6 heteroatoms. The van der Waals surface area contributed by atoms with Gasteiger partial charge in [-0.2, -0.15) is 0 Å². The van der Waals surface area contributed by atoms with Crippen LogP contribution in [0.3, 0.4) is 0 Å². The van der Waals surface area contributed by atoms with Gasteiger partial charge in [0.1, 0.15) is 0 Å². The van der Waals surface area contributed by atoms with Crippen LogP contribution >= 0.6 is 0 Å². The summed E-state index contributed by atoms with van der Waals surface area (Å²) < 4.78 is 5.27. The van der Waals surface area contributed by atoms with Crippen molar-refractivity contribution in [3.8, 4) is 11.3 Å². The van der Waals surface area contributed by atoms with E-state index in [0.29, 0.717) is 41.0 Å². The molecule has 6 nitrogen and oxygen atoms in total. The van der Waals surface area contributed by atoms with Crippen molar-refractivity contribution in [3.05, 3.63) is 47.2 Å². The molecule has 1 aromatic carbocycles. The molecule has 0 radical (unpaired) electrons. The third kappa shape index (κ3) is 3.14. The van der Waals surface area contributed by atoms with Crippen LogP contribution in [0.2, 0.25) is 0 Å². The van der Waals surface area contributed by atoms with Gasteiger partial charge in [-0.05, 0) is 26.3 Å². The van der Waals surface area contributed by atoms with Crippen molar-refractivity contribution in [2.24, 2.45) is 0 Å². The van der Waals surface area contributed by atoms with Gasteiger partial charge in [-0.3, -0.25) is 4.79 Å². The fourth-order valence-corrected chi connectivity index (χ4v) is 2.52. The third-order valence-electron chi connectivity index (χ3n) is 3.83. The minimum absolute atomic E-state index is 0.0347. The molecule has 1 amide bonds. The summed E-state index contributed by atoms with van der Waals surface area (Å²) in [6.07, 6.45) is 0.507. The van der Waals surface area contributed by atoms with Crippen molar-refractivity contribution >= 4 is 17.0 Å². The van der Waals surface area contributed by atoms with Gasteiger partial charge in [0.05, 0.1) is 22.3 Å². The predicted molar refractivity (Wildman–Crippen MR) is 90.8 cm³/mol. The first-order chi connectivity index (χ1) is 11.6. The average Bonchev–Trinajstić information content (AvgIpc) is 2.96. The molecule has 0 bridgehead atoms. The fraction of sp³-hybridized carbons (Fsp3) is 0.278. The summed E-state index contributed by atoms with van der Waals surface area (Å²) in [6, 6.07) is 9.66. The van der Waals surface area contributed by atoms with Crippen LogP contribution < -0.4 is 5.32 Å². The summed E-state index contributed by atoms with van der Waals surface area (Å²) in [5.41, 5.74) is 4.16. The number of aliphatic hydroxyl groups excluding tert-OH is 1. The first-order valence-electron chi connectivity index (χ1n) is 7.83. The van der Waals surface area contributed by atoms with Crippen molar-refractivity contribution in [2.45, 2.75) is 20.3 Å². The van der Waals surface area contributed by atoms with E-state index in [-0.39, 0.29) is 12.5 Å². The van der Waals surface area contributed by atoms with Crippen LogP contribution in [0.15, 0.2) is 34.9 Å². The quantitative estimate of drug-likeness (QED) is 0.704. The van der Waals surface area contributed by atoms with Crippen molar-refractivity contribution in [2.75, 3.05) is 13.2 Å². The van der Waals surface area contributed by atoms with Crippen molar-refractivity contribution in [1.29, 1.82) is 0 Å². The van der Waals surface area contributed by atoms with Crippen LogP contribution in [-0.4, -0.2) is 34.3 Å². The maximum absolute atomic E-state index is 12.5. The monoisotopic (exact) mass is 325 g/mol. The first kappa shape index (κ1) is 16.1. The molecule has 2 aromatic heterocycles. The Morgan fingerprint density at radius 1 is 1.25 bits per heavy atom. The maximum atomic E-state index is 12.5. The highest BCUT2D eigenvalue weighted by Gasteiger charge is 2.19. The number of hydrogen-bond acceptors (Lipinski definition) is 5. The van der Waals surface area contributed by atoms with E-state index >= 15 is 0 Å². The third-order valence-corrected chi connectivity index (χ3v) is 3.83. The van der Waals surface area contributed by atoms with Gasteiger partial charge in [0, 0.05) is 18.7 Å². The van der Waals surface area contributed by atoms with Crippen LogP contribution in [-0.2, 0) is 0 Å². The number of aromatic nitrogens is 2. The maximum Gasteiger partial charge on any atom is 0.259 e. The number of rotatable bonds is 5. The molecule has 0 saturated carbocycles. The number of hydrogen-bond donors (Lipinski definition) is 2. The van der Waals surface area contributed by atoms with E-state index in [9.17, 15) is 4.79 Å². The zero-order valence-corrected chi connectivity index (χ0v) is 13.7. The van der Waals surface area contributed by atoms with E-state index in [1.165, 1.54) is 0 Å². The van der Waals surface area contributed by atoms with E-state index in [1.807, 2.05) is 31.2 Å². The summed E-state index contributed by atoms with van der Waals surface area (Å²) in [5, 5.41) is 16.2. The Kier molecular flexibility index (Phi) is 4.57. The summed E-state index contributed by atoms with van der Waals surface area (Å²) >= 11 is 0. The lowest BCUT2D eigenvalue weighted by Crippen LogP contribution is -2.25. The number of amides is 1. The number of carbonyl (C=O) groups excluding carboxylic acids is 1.